The summed E-state index contributed by atoms with van der Waals surface area (Å²) in [6.07, 6.45) is 4.55. The zero-order valence-electron chi connectivity index (χ0n) is 17.6. The molecule has 6 nitrogen and oxygen atoms in total. The van der Waals surface area contributed by atoms with Crippen LogP contribution < -0.4 is 0 Å². The van der Waals surface area contributed by atoms with Crippen LogP contribution in [0.15, 0.2) is 48.7 Å². The number of halogens is 1. The van der Waals surface area contributed by atoms with Crippen molar-refractivity contribution >= 4 is 16.9 Å². The van der Waals surface area contributed by atoms with Gasteiger partial charge < -0.3 is 14.5 Å². The van der Waals surface area contributed by atoms with E-state index in [4.69, 9.17) is 0 Å². The second-order valence-electron chi connectivity index (χ2n) is 8.12. The molecule has 0 spiro atoms. The van der Waals surface area contributed by atoms with Gasteiger partial charge in [0, 0.05) is 24.7 Å². The van der Waals surface area contributed by atoms with E-state index in [0.29, 0.717) is 12.1 Å². The van der Waals surface area contributed by atoms with Crippen molar-refractivity contribution in [3.05, 3.63) is 71.7 Å². The highest BCUT2D eigenvalue weighted by molar-refractivity contribution is 5.97. The van der Waals surface area contributed by atoms with E-state index >= 15 is 0 Å². The summed E-state index contributed by atoms with van der Waals surface area (Å²) < 4.78 is 15.6. The number of nitrogens with one attached hydrogen (secondary N) is 1. The molecule has 1 unspecified atom stereocenters. The van der Waals surface area contributed by atoms with Gasteiger partial charge in [0.05, 0.1) is 29.0 Å². The largest absolute Gasteiger partial charge is 0.340 e. The van der Waals surface area contributed by atoms with E-state index < -0.39 is 0 Å². The van der Waals surface area contributed by atoms with Gasteiger partial charge in [0.15, 0.2) is 0 Å². The normalized spacial score (nSPS) is 16.7. The molecule has 1 atom stereocenters. The third kappa shape index (κ3) is 3.50. The van der Waals surface area contributed by atoms with Gasteiger partial charge in [0.1, 0.15) is 17.5 Å². The number of piperidine rings is 1. The average molecular weight is 417 g/mol. The van der Waals surface area contributed by atoms with E-state index in [1.807, 2.05) is 47.7 Å². The smallest absolute Gasteiger partial charge is 0.254 e. The number of likely N-dealkylation sites (tertiary alicyclic amines) is 1. The van der Waals surface area contributed by atoms with Gasteiger partial charge in [-0.1, -0.05) is 12.1 Å². The number of hydrogen-bond donors (Lipinski definition) is 1. The number of aryl methyl sites for hydroxylation is 2. The number of hydrogen-bond acceptors (Lipinski definition) is 3. The first kappa shape index (κ1) is 19.5. The Kier molecular flexibility index (Phi) is 4.81. The maximum atomic E-state index is 13.6. The lowest BCUT2D eigenvalue weighted by atomic mass is 10.00. The van der Waals surface area contributed by atoms with Gasteiger partial charge in [-0.2, -0.15) is 0 Å². The SMILES string of the molecule is Cc1nc2cc(C(=O)N3CCCCC3c3ncc(-c4cccc(F)c4)[nH]3)ccc2n1C. The van der Waals surface area contributed by atoms with Crippen molar-refractivity contribution < 1.29 is 9.18 Å². The van der Waals surface area contributed by atoms with Crippen LogP contribution in [0.1, 0.15) is 47.3 Å². The first-order valence-electron chi connectivity index (χ1n) is 10.6. The Hall–Kier alpha value is -3.48. The van der Waals surface area contributed by atoms with Gasteiger partial charge in [-0.3, -0.25) is 4.79 Å². The second-order valence-corrected chi connectivity index (χ2v) is 8.12. The zero-order valence-corrected chi connectivity index (χ0v) is 17.6. The molecule has 158 valence electrons. The molecule has 7 heteroatoms. The molecule has 1 aliphatic heterocycles. The van der Waals surface area contributed by atoms with Crippen molar-refractivity contribution in [2.45, 2.75) is 32.2 Å². The Morgan fingerprint density at radius 2 is 2.06 bits per heavy atom. The fourth-order valence-electron chi connectivity index (χ4n) is 4.39. The van der Waals surface area contributed by atoms with E-state index in [2.05, 4.69) is 15.0 Å². The number of H-pyrrole nitrogens is 1. The van der Waals surface area contributed by atoms with E-state index in [9.17, 15) is 9.18 Å². The summed E-state index contributed by atoms with van der Waals surface area (Å²) in [6, 6.07) is 12.0. The third-order valence-electron chi connectivity index (χ3n) is 6.16. The molecular formula is C24H24FN5O. The molecule has 2 aromatic heterocycles. The Bertz CT molecular complexity index is 1270. The fourth-order valence-corrected chi connectivity index (χ4v) is 4.39. The van der Waals surface area contributed by atoms with Gasteiger partial charge in [-0.05, 0) is 56.5 Å². The average Bonchev–Trinajstić information content (AvgIpc) is 3.38. The van der Waals surface area contributed by atoms with Crippen LogP contribution in [0.4, 0.5) is 4.39 Å². The highest BCUT2D eigenvalue weighted by Crippen LogP contribution is 2.32. The quantitative estimate of drug-likeness (QED) is 0.522. The van der Waals surface area contributed by atoms with Crippen molar-refractivity contribution in [1.82, 2.24) is 24.4 Å². The predicted octanol–water partition coefficient (Wildman–Crippen LogP) is 4.78. The van der Waals surface area contributed by atoms with Crippen LogP contribution in [-0.4, -0.2) is 36.9 Å². The van der Waals surface area contributed by atoms with E-state index in [0.717, 1.165) is 53.2 Å². The van der Waals surface area contributed by atoms with Crippen molar-refractivity contribution in [1.29, 1.82) is 0 Å². The number of rotatable bonds is 3. The molecule has 31 heavy (non-hydrogen) atoms. The minimum absolute atomic E-state index is 0.0152. The summed E-state index contributed by atoms with van der Waals surface area (Å²) >= 11 is 0. The minimum Gasteiger partial charge on any atom is -0.340 e. The lowest BCUT2D eigenvalue weighted by molar-refractivity contribution is 0.0601. The van der Waals surface area contributed by atoms with Crippen molar-refractivity contribution in [3.8, 4) is 11.3 Å². The number of fused-ring (bicyclic) bond motifs is 1. The highest BCUT2D eigenvalue weighted by Gasteiger charge is 2.31. The van der Waals surface area contributed by atoms with Crippen molar-refractivity contribution in [2.75, 3.05) is 6.54 Å². The second kappa shape index (κ2) is 7.65. The fraction of sp³-hybridized carbons (Fsp3) is 0.292. The molecule has 0 aliphatic carbocycles. The first-order chi connectivity index (χ1) is 15.0. The third-order valence-corrected chi connectivity index (χ3v) is 6.16. The highest BCUT2D eigenvalue weighted by atomic mass is 19.1. The molecule has 1 saturated heterocycles. The van der Waals surface area contributed by atoms with Crippen molar-refractivity contribution in [2.24, 2.45) is 7.05 Å². The molecule has 0 bridgehead atoms. The standard InChI is InChI=1S/C24H24FN5O/c1-15-27-19-13-17(9-10-21(19)29(15)2)24(31)30-11-4-3-8-22(30)23-26-14-20(28-23)16-6-5-7-18(25)12-16/h5-7,9-10,12-14,22H,3-4,8,11H2,1-2H3,(H,26,28). The number of carbonyl (C=O) groups is 1. The Labute approximate surface area is 179 Å². The monoisotopic (exact) mass is 417 g/mol. The van der Waals surface area contributed by atoms with Crippen LogP contribution in [0.5, 0.6) is 0 Å². The minimum atomic E-state index is -0.289. The maximum absolute atomic E-state index is 13.6. The number of amides is 1. The lowest BCUT2D eigenvalue weighted by Crippen LogP contribution is -2.39. The van der Waals surface area contributed by atoms with Gasteiger partial charge in [0.2, 0.25) is 0 Å². The first-order valence-corrected chi connectivity index (χ1v) is 10.6. The molecular weight excluding hydrogens is 393 g/mol. The van der Waals surface area contributed by atoms with E-state index in [1.54, 1.807) is 12.3 Å². The number of nitrogens with zero attached hydrogens (tertiary/aromatic N) is 4. The van der Waals surface area contributed by atoms with E-state index in [-0.39, 0.29) is 17.8 Å². The molecule has 3 heterocycles. The lowest BCUT2D eigenvalue weighted by Gasteiger charge is -2.34. The zero-order chi connectivity index (χ0) is 21.5. The van der Waals surface area contributed by atoms with Crippen LogP contribution in [0, 0.1) is 12.7 Å². The predicted molar refractivity (Wildman–Crippen MR) is 117 cm³/mol. The molecule has 0 radical (unpaired) electrons. The molecule has 1 aliphatic rings. The molecule has 1 amide bonds. The number of aromatic amines is 1. The number of benzene rings is 2. The van der Waals surface area contributed by atoms with Gasteiger partial charge in [-0.25, -0.2) is 14.4 Å². The van der Waals surface area contributed by atoms with Crippen LogP contribution in [0.25, 0.3) is 22.3 Å². The van der Waals surface area contributed by atoms with Gasteiger partial charge in [-0.15, -0.1) is 0 Å². The summed E-state index contributed by atoms with van der Waals surface area (Å²) in [7, 11) is 1.97. The molecule has 2 aromatic carbocycles. The Balaban J connectivity index is 1.45. The van der Waals surface area contributed by atoms with Crippen LogP contribution in [0.2, 0.25) is 0 Å². The number of imidazole rings is 2. The maximum Gasteiger partial charge on any atom is 0.254 e. The number of carbonyl (C=O) groups excluding carboxylic acids is 1. The topological polar surface area (TPSA) is 66.8 Å². The van der Waals surface area contributed by atoms with Gasteiger partial charge in [0.25, 0.3) is 5.91 Å². The van der Waals surface area contributed by atoms with Crippen LogP contribution >= 0.6 is 0 Å². The number of aromatic nitrogens is 4. The van der Waals surface area contributed by atoms with Crippen LogP contribution in [-0.2, 0) is 7.05 Å². The summed E-state index contributed by atoms with van der Waals surface area (Å²) in [6.45, 7) is 2.63. The summed E-state index contributed by atoms with van der Waals surface area (Å²) in [4.78, 5) is 27.8. The molecule has 1 N–H and O–H groups in total. The summed E-state index contributed by atoms with van der Waals surface area (Å²) in [5, 5.41) is 0. The van der Waals surface area contributed by atoms with Gasteiger partial charge >= 0.3 is 0 Å². The summed E-state index contributed by atoms with van der Waals surface area (Å²) in [5.74, 6) is 1.35. The van der Waals surface area contributed by atoms with E-state index in [1.165, 1.54) is 12.1 Å². The molecule has 0 saturated carbocycles. The summed E-state index contributed by atoms with van der Waals surface area (Å²) in [5.41, 5.74) is 3.96. The molecule has 1 fully saturated rings. The Morgan fingerprint density at radius 3 is 2.90 bits per heavy atom. The van der Waals surface area contributed by atoms with Crippen LogP contribution in [0.3, 0.4) is 0 Å². The Morgan fingerprint density at radius 1 is 1.19 bits per heavy atom. The van der Waals surface area contributed by atoms with Crippen molar-refractivity contribution in [3.63, 3.8) is 0 Å². The molecule has 4 aromatic rings. The molecule has 5 rings (SSSR count).